The fourth-order valence-electron chi connectivity index (χ4n) is 2.27. The molecular formula is C14H19BrN2O4. The van der Waals surface area contributed by atoms with E-state index in [0.29, 0.717) is 0 Å². The molecule has 7 heteroatoms. The summed E-state index contributed by atoms with van der Waals surface area (Å²) >= 11 is 3.14. The van der Waals surface area contributed by atoms with Gasteiger partial charge in [0, 0.05) is 18.7 Å². The van der Waals surface area contributed by atoms with E-state index in [9.17, 15) is 20.0 Å². The smallest absolute Gasteiger partial charge is 0.284 e. The molecule has 0 saturated heterocycles. The number of nitrogens with zero attached hydrogens (tertiary/aromatic N) is 2. The maximum atomic E-state index is 12.7. The largest absolute Gasteiger partial charge is 0.395 e. The van der Waals surface area contributed by atoms with E-state index in [2.05, 4.69) is 15.9 Å². The summed E-state index contributed by atoms with van der Waals surface area (Å²) in [4.78, 5) is 24.6. The molecule has 0 aliphatic heterocycles. The highest BCUT2D eigenvalue weighted by molar-refractivity contribution is 9.10. The molecule has 0 aliphatic carbocycles. The van der Waals surface area contributed by atoms with Crippen molar-refractivity contribution in [2.45, 2.75) is 32.7 Å². The molecule has 1 N–H and O–H groups in total. The number of rotatable bonds is 7. The Morgan fingerprint density at radius 2 is 2.05 bits per heavy atom. The SMILES string of the molecule is CCC(CC)N(CCO)C(=O)c1cccc([N+](=O)[O-])c1Br. The van der Waals surface area contributed by atoms with Gasteiger partial charge in [0.05, 0.1) is 17.1 Å². The Morgan fingerprint density at radius 1 is 1.43 bits per heavy atom. The summed E-state index contributed by atoms with van der Waals surface area (Å²) < 4.78 is 0.175. The minimum atomic E-state index is -0.533. The number of carbonyl (C=O) groups is 1. The average Bonchev–Trinajstić information content (AvgIpc) is 2.46. The zero-order valence-electron chi connectivity index (χ0n) is 12.1. The number of carbonyl (C=O) groups excluding carboxylic acids is 1. The highest BCUT2D eigenvalue weighted by Crippen LogP contribution is 2.29. The van der Waals surface area contributed by atoms with Crippen LogP contribution >= 0.6 is 15.9 Å². The number of nitro groups is 1. The van der Waals surface area contributed by atoms with E-state index < -0.39 is 4.92 Å². The first-order valence-corrected chi connectivity index (χ1v) is 7.61. The van der Waals surface area contributed by atoms with E-state index in [-0.39, 0.29) is 40.8 Å². The number of nitro benzene ring substituents is 1. The van der Waals surface area contributed by atoms with E-state index in [1.807, 2.05) is 13.8 Å². The van der Waals surface area contributed by atoms with Crippen LogP contribution in [0, 0.1) is 10.1 Å². The van der Waals surface area contributed by atoms with Crippen molar-refractivity contribution in [1.82, 2.24) is 4.90 Å². The van der Waals surface area contributed by atoms with Crippen LogP contribution in [-0.4, -0.2) is 40.0 Å². The third-order valence-electron chi connectivity index (χ3n) is 3.39. The summed E-state index contributed by atoms with van der Waals surface area (Å²) in [6, 6.07) is 4.37. The van der Waals surface area contributed by atoms with Gasteiger partial charge in [0.1, 0.15) is 4.47 Å². The normalized spacial score (nSPS) is 10.7. The van der Waals surface area contributed by atoms with Crippen molar-refractivity contribution in [3.8, 4) is 0 Å². The van der Waals surface area contributed by atoms with E-state index >= 15 is 0 Å². The molecule has 0 aliphatic rings. The molecule has 0 radical (unpaired) electrons. The summed E-state index contributed by atoms with van der Waals surface area (Å²) in [7, 11) is 0. The van der Waals surface area contributed by atoms with Crippen molar-refractivity contribution in [3.05, 3.63) is 38.3 Å². The van der Waals surface area contributed by atoms with E-state index in [1.54, 1.807) is 11.0 Å². The Bertz CT molecular complexity index is 518. The van der Waals surface area contributed by atoms with Crippen molar-refractivity contribution in [3.63, 3.8) is 0 Å². The fraction of sp³-hybridized carbons (Fsp3) is 0.500. The zero-order valence-corrected chi connectivity index (χ0v) is 13.7. The van der Waals surface area contributed by atoms with Crippen LogP contribution in [0.1, 0.15) is 37.0 Å². The molecule has 0 spiro atoms. The van der Waals surface area contributed by atoms with Crippen molar-refractivity contribution >= 4 is 27.5 Å². The molecule has 0 atom stereocenters. The number of hydrogen-bond donors (Lipinski definition) is 1. The van der Waals surface area contributed by atoms with Gasteiger partial charge in [-0.05, 0) is 34.8 Å². The molecule has 1 amide bonds. The predicted molar refractivity (Wildman–Crippen MR) is 83.3 cm³/mol. The highest BCUT2D eigenvalue weighted by atomic mass is 79.9. The van der Waals surface area contributed by atoms with Gasteiger partial charge in [0.2, 0.25) is 0 Å². The van der Waals surface area contributed by atoms with Crippen LogP contribution in [0.15, 0.2) is 22.7 Å². The van der Waals surface area contributed by atoms with Gasteiger partial charge < -0.3 is 10.0 Å². The predicted octanol–water partition coefficient (Wildman–Crippen LogP) is 2.98. The Hall–Kier alpha value is -1.47. The lowest BCUT2D eigenvalue weighted by Crippen LogP contribution is -2.41. The molecule has 0 heterocycles. The Kier molecular flexibility index (Phi) is 6.77. The topological polar surface area (TPSA) is 83.7 Å². The molecule has 0 saturated carbocycles. The lowest BCUT2D eigenvalue weighted by atomic mass is 10.1. The fourth-order valence-corrected chi connectivity index (χ4v) is 2.85. The summed E-state index contributed by atoms with van der Waals surface area (Å²) in [5.74, 6) is -0.312. The van der Waals surface area contributed by atoms with Gasteiger partial charge in [-0.15, -0.1) is 0 Å². The van der Waals surface area contributed by atoms with Crippen LogP contribution in [0.25, 0.3) is 0 Å². The van der Waals surface area contributed by atoms with Crippen LogP contribution in [0.2, 0.25) is 0 Å². The van der Waals surface area contributed by atoms with Crippen molar-refractivity contribution in [1.29, 1.82) is 0 Å². The van der Waals surface area contributed by atoms with Crippen LogP contribution in [-0.2, 0) is 0 Å². The third-order valence-corrected chi connectivity index (χ3v) is 4.22. The van der Waals surface area contributed by atoms with Crippen LogP contribution in [0.4, 0.5) is 5.69 Å². The average molecular weight is 359 g/mol. The summed E-state index contributed by atoms with van der Waals surface area (Å²) in [5, 5.41) is 20.1. The third kappa shape index (κ3) is 4.01. The van der Waals surface area contributed by atoms with E-state index in [4.69, 9.17) is 0 Å². The second-order valence-electron chi connectivity index (χ2n) is 4.59. The molecule has 0 aromatic heterocycles. The minimum Gasteiger partial charge on any atom is -0.395 e. The lowest BCUT2D eigenvalue weighted by Gasteiger charge is -2.30. The summed E-state index contributed by atoms with van der Waals surface area (Å²) in [5.41, 5.74) is 0.0962. The van der Waals surface area contributed by atoms with Gasteiger partial charge in [-0.2, -0.15) is 0 Å². The molecular weight excluding hydrogens is 340 g/mol. The number of amides is 1. The van der Waals surface area contributed by atoms with Crippen molar-refractivity contribution in [2.75, 3.05) is 13.2 Å². The quantitative estimate of drug-likeness (QED) is 0.599. The lowest BCUT2D eigenvalue weighted by molar-refractivity contribution is -0.385. The number of benzene rings is 1. The van der Waals surface area contributed by atoms with Gasteiger partial charge in [-0.3, -0.25) is 14.9 Å². The molecule has 0 unspecified atom stereocenters. The van der Waals surface area contributed by atoms with Gasteiger partial charge in [-0.1, -0.05) is 19.9 Å². The van der Waals surface area contributed by atoms with Gasteiger partial charge >= 0.3 is 0 Å². The number of halogens is 1. The van der Waals surface area contributed by atoms with Crippen molar-refractivity contribution < 1.29 is 14.8 Å². The Labute approximate surface area is 132 Å². The molecule has 0 fully saturated rings. The number of aliphatic hydroxyl groups excluding tert-OH is 1. The van der Waals surface area contributed by atoms with Crippen LogP contribution in [0.3, 0.4) is 0 Å². The standard InChI is InChI=1S/C14H19BrN2O4/c1-3-10(4-2)16(8-9-18)14(19)11-6-5-7-12(13(11)15)17(20)21/h5-7,10,18H,3-4,8-9H2,1-2H3. The first-order valence-electron chi connectivity index (χ1n) is 6.82. The molecule has 21 heavy (non-hydrogen) atoms. The Morgan fingerprint density at radius 3 is 2.52 bits per heavy atom. The monoisotopic (exact) mass is 358 g/mol. The molecule has 6 nitrogen and oxygen atoms in total. The maximum Gasteiger partial charge on any atom is 0.284 e. The molecule has 116 valence electrons. The highest BCUT2D eigenvalue weighted by Gasteiger charge is 2.26. The number of hydrogen-bond acceptors (Lipinski definition) is 4. The van der Waals surface area contributed by atoms with Gasteiger partial charge in [0.15, 0.2) is 0 Å². The second kappa shape index (κ2) is 8.09. The van der Waals surface area contributed by atoms with Gasteiger partial charge in [0.25, 0.3) is 11.6 Å². The minimum absolute atomic E-state index is 0.00388. The second-order valence-corrected chi connectivity index (χ2v) is 5.38. The molecule has 0 bridgehead atoms. The maximum absolute atomic E-state index is 12.7. The first kappa shape index (κ1) is 17.6. The molecule has 1 rings (SSSR count). The molecule has 1 aromatic rings. The van der Waals surface area contributed by atoms with Gasteiger partial charge in [-0.25, -0.2) is 0 Å². The van der Waals surface area contributed by atoms with E-state index in [1.165, 1.54) is 12.1 Å². The molecule has 1 aromatic carbocycles. The van der Waals surface area contributed by atoms with E-state index in [0.717, 1.165) is 12.8 Å². The Balaban J connectivity index is 3.21. The van der Waals surface area contributed by atoms with Crippen LogP contribution < -0.4 is 0 Å². The zero-order chi connectivity index (χ0) is 16.0. The number of aliphatic hydroxyl groups is 1. The first-order chi connectivity index (χ1) is 9.97. The van der Waals surface area contributed by atoms with Crippen LogP contribution in [0.5, 0.6) is 0 Å². The summed E-state index contributed by atoms with van der Waals surface area (Å²) in [6.07, 6.45) is 1.52. The summed E-state index contributed by atoms with van der Waals surface area (Å²) in [6.45, 7) is 4.00. The van der Waals surface area contributed by atoms with Crippen molar-refractivity contribution in [2.24, 2.45) is 0 Å².